The number of hydrogen-bond acceptors (Lipinski definition) is 0. The van der Waals surface area contributed by atoms with Crippen LogP contribution in [0.3, 0.4) is 0 Å². The minimum atomic E-state index is -4.51. The molecule has 0 aliphatic heterocycles. The zero-order valence-corrected chi connectivity index (χ0v) is 3.67. The second-order valence-electron chi connectivity index (χ2n) is 0.834. The molecule has 0 aromatic carbocycles. The molecule has 50 valence electrons. The Balaban J connectivity index is 0. The minimum Gasteiger partial charge on any atom is -0.412 e. The standard InChI is InChI=1S/C3H2F4.H2O/c4-2-1-3(5,6)7;/h1-2H;1H2/b2-1-;. The monoisotopic (exact) mass is 132 g/mol. The Hall–Kier alpha value is -0.580. The molecular weight excluding hydrogens is 128 g/mol. The average Bonchev–Trinajstić information content (AvgIpc) is 1.30. The largest absolute Gasteiger partial charge is 0.412 e. The zero-order valence-electron chi connectivity index (χ0n) is 3.67. The van der Waals surface area contributed by atoms with E-state index in [-0.39, 0.29) is 5.48 Å². The van der Waals surface area contributed by atoms with Gasteiger partial charge in [-0.25, -0.2) is 4.39 Å². The van der Waals surface area contributed by atoms with E-state index in [1.165, 1.54) is 0 Å². The third-order valence-corrected chi connectivity index (χ3v) is 0.252. The first-order valence-corrected chi connectivity index (χ1v) is 1.41. The van der Waals surface area contributed by atoms with E-state index in [1.807, 2.05) is 0 Å². The van der Waals surface area contributed by atoms with E-state index < -0.39 is 18.6 Å². The number of halogens is 4. The number of rotatable bonds is 0. The maximum atomic E-state index is 10.7. The molecular formula is C3H4F4O. The Bertz CT molecular complexity index is 73.8. The van der Waals surface area contributed by atoms with Gasteiger partial charge in [-0.05, 0) is 0 Å². The minimum absolute atomic E-state index is 0. The van der Waals surface area contributed by atoms with Crippen molar-refractivity contribution in [2.75, 3.05) is 0 Å². The van der Waals surface area contributed by atoms with E-state index in [2.05, 4.69) is 0 Å². The Labute approximate surface area is 42.9 Å². The maximum Gasteiger partial charge on any atom is 0.411 e. The van der Waals surface area contributed by atoms with Gasteiger partial charge in [-0.2, -0.15) is 13.2 Å². The Morgan fingerprint density at radius 1 is 1.12 bits per heavy atom. The van der Waals surface area contributed by atoms with Crippen molar-refractivity contribution in [3.63, 3.8) is 0 Å². The van der Waals surface area contributed by atoms with Crippen LogP contribution in [0.15, 0.2) is 12.4 Å². The predicted octanol–water partition coefficient (Wildman–Crippen LogP) is 1.21. The third kappa shape index (κ3) is 9.05. The lowest BCUT2D eigenvalue weighted by atomic mass is 10.6. The van der Waals surface area contributed by atoms with Gasteiger partial charge in [-0.1, -0.05) is 0 Å². The van der Waals surface area contributed by atoms with Gasteiger partial charge >= 0.3 is 6.18 Å². The van der Waals surface area contributed by atoms with Crippen LogP contribution < -0.4 is 0 Å². The van der Waals surface area contributed by atoms with Crippen molar-refractivity contribution in [3.05, 3.63) is 12.4 Å². The van der Waals surface area contributed by atoms with Crippen molar-refractivity contribution in [3.8, 4) is 0 Å². The molecule has 0 aromatic heterocycles. The highest BCUT2D eigenvalue weighted by Gasteiger charge is 2.21. The summed E-state index contributed by atoms with van der Waals surface area (Å²) in [4.78, 5) is 0. The molecule has 0 rings (SSSR count). The van der Waals surface area contributed by atoms with E-state index in [0.29, 0.717) is 0 Å². The van der Waals surface area contributed by atoms with Gasteiger partial charge in [-0.3, -0.25) is 0 Å². The van der Waals surface area contributed by atoms with Crippen molar-refractivity contribution in [2.24, 2.45) is 0 Å². The van der Waals surface area contributed by atoms with Crippen LogP contribution in [0.1, 0.15) is 0 Å². The summed E-state index contributed by atoms with van der Waals surface area (Å²) < 4.78 is 42.8. The first-order valence-electron chi connectivity index (χ1n) is 1.41. The van der Waals surface area contributed by atoms with Crippen molar-refractivity contribution < 1.29 is 23.0 Å². The van der Waals surface area contributed by atoms with Gasteiger partial charge in [0.15, 0.2) is 0 Å². The molecule has 0 aromatic rings. The molecule has 0 amide bonds. The molecule has 0 heterocycles. The predicted molar refractivity (Wildman–Crippen MR) is 19.9 cm³/mol. The van der Waals surface area contributed by atoms with Gasteiger partial charge in [0.2, 0.25) is 0 Å². The van der Waals surface area contributed by atoms with Gasteiger partial charge in [0, 0.05) is 6.08 Å². The molecule has 1 nitrogen and oxygen atoms in total. The molecule has 2 N–H and O–H groups in total. The first kappa shape index (κ1) is 10.4. The second kappa shape index (κ2) is 3.43. The average molecular weight is 132 g/mol. The van der Waals surface area contributed by atoms with E-state index in [9.17, 15) is 17.6 Å². The molecule has 5 heteroatoms. The summed E-state index contributed by atoms with van der Waals surface area (Å²) in [7, 11) is 0. The second-order valence-corrected chi connectivity index (χ2v) is 0.834. The molecule has 0 saturated heterocycles. The van der Waals surface area contributed by atoms with E-state index in [1.54, 1.807) is 0 Å². The molecule has 0 radical (unpaired) electrons. The lowest BCUT2D eigenvalue weighted by Crippen LogP contribution is -1.99. The SMILES string of the molecule is F/C=C\C(F)(F)F.O. The molecule has 0 bridgehead atoms. The Morgan fingerprint density at radius 3 is 1.50 bits per heavy atom. The highest BCUT2D eigenvalue weighted by atomic mass is 19.4. The topological polar surface area (TPSA) is 31.5 Å². The normalized spacial score (nSPS) is 11.5. The van der Waals surface area contributed by atoms with Crippen LogP contribution in [0.5, 0.6) is 0 Å². The van der Waals surface area contributed by atoms with Crippen molar-refractivity contribution in [1.29, 1.82) is 0 Å². The highest BCUT2D eigenvalue weighted by Crippen LogP contribution is 2.15. The molecule has 0 fully saturated rings. The van der Waals surface area contributed by atoms with E-state index >= 15 is 0 Å². The van der Waals surface area contributed by atoms with Crippen molar-refractivity contribution >= 4 is 0 Å². The number of alkyl halides is 3. The first-order chi connectivity index (χ1) is 3.06. The van der Waals surface area contributed by atoms with Crippen LogP contribution in [0.4, 0.5) is 17.6 Å². The van der Waals surface area contributed by atoms with Crippen molar-refractivity contribution in [2.45, 2.75) is 6.18 Å². The lowest BCUT2D eigenvalue weighted by Gasteiger charge is -1.92. The summed E-state index contributed by atoms with van der Waals surface area (Å²) in [6.07, 6.45) is -5.53. The smallest absolute Gasteiger partial charge is 0.411 e. The quantitative estimate of drug-likeness (QED) is 0.443. The summed E-state index contributed by atoms with van der Waals surface area (Å²) in [6, 6.07) is 0. The fourth-order valence-electron chi connectivity index (χ4n) is 0.0714. The molecule has 0 atom stereocenters. The fraction of sp³-hybridized carbons (Fsp3) is 0.333. The Morgan fingerprint density at radius 2 is 1.50 bits per heavy atom. The van der Waals surface area contributed by atoms with Crippen LogP contribution in [-0.2, 0) is 0 Å². The summed E-state index contributed by atoms with van der Waals surface area (Å²) in [5, 5.41) is 0. The number of allylic oxidation sites excluding steroid dienone is 1. The molecule has 0 aliphatic carbocycles. The fourth-order valence-corrected chi connectivity index (χ4v) is 0.0714. The third-order valence-electron chi connectivity index (χ3n) is 0.252. The van der Waals surface area contributed by atoms with Crippen LogP contribution >= 0.6 is 0 Å². The molecule has 0 spiro atoms. The van der Waals surface area contributed by atoms with Gasteiger partial charge in [0.25, 0.3) is 0 Å². The van der Waals surface area contributed by atoms with E-state index in [0.717, 1.165) is 0 Å². The highest BCUT2D eigenvalue weighted by molar-refractivity contribution is 4.80. The van der Waals surface area contributed by atoms with Crippen LogP contribution in [0.2, 0.25) is 0 Å². The maximum absolute atomic E-state index is 10.7. The van der Waals surface area contributed by atoms with Crippen molar-refractivity contribution in [1.82, 2.24) is 0 Å². The Kier molecular flexibility index (Phi) is 4.46. The van der Waals surface area contributed by atoms with E-state index in [4.69, 9.17) is 0 Å². The summed E-state index contributed by atoms with van der Waals surface area (Å²) in [6.45, 7) is 0. The molecule has 0 saturated carbocycles. The van der Waals surface area contributed by atoms with Gasteiger partial charge in [0.1, 0.15) is 0 Å². The van der Waals surface area contributed by atoms with Crippen LogP contribution in [0.25, 0.3) is 0 Å². The summed E-state index contributed by atoms with van der Waals surface area (Å²) >= 11 is 0. The lowest BCUT2D eigenvalue weighted by molar-refractivity contribution is -0.0805. The van der Waals surface area contributed by atoms with Gasteiger partial charge < -0.3 is 5.48 Å². The van der Waals surface area contributed by atoms with Crippen LogP contribution in [-0.4, -0.2) is 11.7 Å². The molecule has 0 aliphatic rings. The van der Waals surface area contributed by atoms with Gasteiger partial charge in [-0.15, -0.1) is 0 Å². The summed E-state index contributed by atoms with van der Waals surface area (Å²) in [5.41, 5.74) is 0. The number of hydrogen-bond donors (Lipinski definition) is 0. The summed E-state index contributed by atoms with van der Waals surface area (Å²) in [5.74, 6) is 0. The molecule has 0 unspecified atom stereocenters. The van der Waals surface area contributed by atoms with Gasteiger partial charge in [0.05, 0.1) is 6.33 Å². The zero-order chi connectivity index (χ0) is 5.91. The van der Waals surface area contributed by atoms with Crippen LogP contribution in [0, 0.1) is 0 Å². The molecule has 8 heavy (non-hydrogen) atoms.